The number of urea groups is 1. The van der Waals surface area contributed by atoms with E-state index in [0.29, 0.717) is 52.8 Å². The van der Waals surface area contributed by atoms with Crippen LogP contribution in [0.2, 0.25) is 5.02 Å². The minimum atomic E-state index is -1.21. The van der Waals surface area contributed by atoms with Crippen molar-refractivity contribution in [2.75, 3.05) is 17.2 Å². The van der Waals surface area contributed by atoms with Crippen LogP contribution in [0, 0.1) is 30.6 Å². The molecular formula is C38H44ClN7O5. The summed E-state index contributed by atoms with van der Waals surface area (Å²) in [5, 5.41) is 20.2. The van der Waals surface area contributed by atoms with Crippen LogP contribution in [0.1, 0.15) is 91.2 Å². The molecular weight excluding hydrogens is 670 g/mol. The number of nitrogens with one attached hydrogen (secondary N) is 4. The van der Waals surface area contributed by atoms with E-state index < -0.39 is 17.5 Å². The van der Waals surface area contributed by atoms with E-state index in [0.717, 1.165) is 49.7 Å². The number of nitrogens with zero attached hydrogens (tertiary/aromatic N) is 3. The molecule has 5 aliphatic rings. The van der Waals surface area contributed by atoms with E-state index in [9.17, 15) is 19.2 Å². The van der Waals surface area contributed by atoms with Gasteiger partial charge in [0.2, 0.25) is 5.91 Å². The largest absolute Gasteiger partial charge is 0.338 e. The van der Waals surface area contributed by atoms with Gasteiger partial charge < -0.3 is 26.2 Å². The van der Waals surface area contributed by atoms with E-state index >= 15 is 0 Å². The molecule has 1 aliphatic heterocycles. The van der Waals surface area contributed by atoms with Crippen LogP contribution in [0.25, 0.3) is 0 Å². The Morgan fingerprint density at radius 2 is 1.69 bits per heavy atom. The lowest BCUT2D eigenvalue weighted by molar-refractivity contribution is -0.125. The van der Waals surface area contributed by atoms with Crippen LogP contribution in [0.15, 0.2) is 41.0 Å². The molecule has 8 rings (SSSR count). The maximum absolute atomic E-state index is 14.5. The molecule has 13 heteroatoms. The number of carbonyl (C=O) groups is 4. The molecule has 12 nitrogen and oxygen atoms in total. The Hall–Kier alpha value is -4.45. The fraction of sp³-hybridized carbons (Fsp3) is 0.526. The number of anilines is 2. The molecule has 0 radical (unpaired) electrons. The first-order valence-corrected chi connectivity index (χ1v) is 18.6. The molecule has 3 aromatic rings. The van der Waals surface area contributed by atoms with Crippen LogP contribution in [-0.2, 0) is 22.4 Å². The molecule has 3 atom stereocenters. The van der Waals surface area contributed by atoms with Crippen molar-refractivity contribution >= 4 is 46.7 Å². The van der Waals surface area contributed by atoms with E-state index in [1.807, 2.05) is 36.4 Å². The highest BCUT2D eigenvalue weighted by Crippen LogP contribution is 2.51. The first kappa shape index (κ1) is 33.7. The highest BCUT2D eigenvalue weighted by atomic mass is 35.5. The number of benzene rings is 2. The van der Waals surface area contributed by atoms with Gasteiger partial charge in [0.15, 0.2) is 5.69 Å². The number of aryl methyl sites for hydroxylation is 1. The standard InChI is InChI=1S/C38H44ClN7O5/c1-19(2)30-18-46(37(50)42-30)38(36(49)41-29-13-11-24(15-28(29)39)21-4-5-21)16-25-10-12-27(14-26(25)17-38)40-35(48)33(31(22-6-7-22)23-8-9-23)43-34(47)32-20(3)44-51-45-32/h10-15,19,21-23,30-31,33H,4-9,16-18H2,1-3H3,(H,40,48)(H,41,49)(H,42,50)(H,43,47)/t30-,33-,38?/m0/s1. The summed E-state index contributed by atoms with van der Waals surface area (Å²) in [4.78, 5) is 57.0. The number of amides is 5. The fourth-order valence-corrected chi connectivity index (χ4v) is 8.39. The SMILES string of the molecule is Cc1nonc1C(=O)N[C@H](C(=O)Nc1ccc2c(c1)CC(C(=O)Nc1ccc(C3CC3)cc1Cl)(N1C[C@@H](C(C)C)NC1=O)C2)C(C1CC1)C1CC1. The molecule has 4 aliphatic carbocycles. The third-order valence-corrected chi connectivity index (χ3v) is 11.9. The zero-order valence-corrected chi connectivity index (χ0v) is 29.9. The van der Waals surface area contributed by atoms with Gasteiger partial charge in [-0.25, -0.2) is 9.42 Å². The van der Waals surface area contributed by atoms with E-state index in [1.165, 1.54) is 5.56 Å². The summed E-state index contributed by atoms with van der Waals surface area (Å²) in [7, 11) is 0. The number of hydrogen-bond donors (Lipinski definition) is 4. The molecule has 1 saturated heterocycles. The fourth-order valence-electron chi connectivity index (χ4n) is 8.15. The smallest absolute Gasteiger partial charge is 0.318 e. The first-order chi connectivity index (χ1) is 24.5. The van der Waals surface area contributed by atoms with Crippen LogP contribution in [0.3, 0.4) is 0 Å². The van der Waals surface area contributed by atoms with Crippen molar-refractivity contribution in [3.8, 4) is 0 Å². The van der Waals surface area contributed by atoms with Crippen LogP contribution in [0.4, 0.5) is 16.2 Å². The number of halogens is 1. The Bertz CT molecular complexity index is 1890. The second-order valence-corrected chi connectivity index (χ2v) is 16.0. The van der Waals surface area contributed by atoms with Crippen LogP contribution in [0.5, 0.6) is 0 Å². The number of fused-ring (bicyclic) bond motifs is 1. The average Bonchev–Trinajstić information content (AvgIpc) is 4.03. The normalized spacial score (nSPS) is 23.3. The first-order valence-electron chi connectivity index (χ1n) is 18.2. The average molecular weight is 714 g/mol. The van der Waals surface area contributed by atoms with Gasteiger partial charge in [0.05, 0.1) is 16.8 Å². The van der Waals surface area contributed by atoms with Crippen molar-refractivity contribution in [1.82, 2.24) is 25.8 Å². The third kappa shape index (κ3) is 6.58. The van der Waals surface area contributed by atoms with Gasteiger partial charge in [0.1, 0.15) is 17.3 Å². The maximum Gasteiger partial charge on any atom is 0.318 e. The molecule has 4 N–H and O–H groups in total. The number of hydrogen-bond acceptors (Lipinski definition) is 7. The lowest BCUT2D eigenvalue weighted by Crippen LogP contribution is -2.59. The predicted octanol–water partition coefficient (Wildman–Crippen LogP) is 5.61. The van der Waals surface area contributed by atoms with Gasteiger partial charge in [-0.05, 0) is 121 Å². The summed E-state index contributed by atoms with van der Waals surface area (Å²) >= 11 is 6.69. The van der Waals surface area contributed by atoms with Crippen LogP contribution >= 0.6 is 11.6 Å². The second-order valence-electron chi connectivity index (χ2n) is 15.6. The minimum absolute atomic E-state index is 0.0210. The summed E-state index contributed by atoms with van der Waals surface area (Å²) in [6, 6.07) is 10.3. The molecule has 0 spiro atoms. The van der Waals surface area contributed by atoms with Crippen LogP contribution < -0.4 is 21.3 Å². The summed E-state index contributed by atoms with van der Waals surface area (Å²) in [5.41, 5.74) is 3.24. The van der Waals surface area contributed by atoms with Gasteiger partial charge in [0.25, 0.3) is 11.8 Å². The molecule has 2 heterocycles. The van der Waals surface area contributed by atoms with Gasteiger partial charge in [0, 0.05) is 25.1 Å². The van der Waals surface area contributed by atoms with E-state index in [2.05, 4.69) is 45.4 Å². The lowest BCUT2D eigenvalue weighted by Gasteiger charge is -2.37. The molecule has 1 aromatic heterocycles. The second kappa shape index (κ2) is 13.0. The molecule has 268 valence electrons. The van der Waals surface area contributed by atoms with Crippen molar-refractivity contribution in [3.05, 3.63) is 69.5 Å². The molecule has 3 saturated carbocycles. The molecule has 51 heavy (non-hydrogen) atoms. The van der Waals surface area contributed by atoms with Crippen LogP contribution in [-0.4, -0.2) is 63.1 Å². The number of rotatable bonds is 12. The van der Waals surface area contributed by atoms with Gasteiger partial charge >= 0.3 is 6.03 Å². The van der Waals surface area contributed by atoms with Gasteiger partial charge in [-0.3, -0.25) is 14.4 Å². The van der Waals surface area contributed by atoms with Crippen molar-refractivity contribution < 1.29 is 23.8 Å². The van der Waals surface area contributed by atoms with Gasteiger partial charge in [-0.15, -0.1) is 0 Å². The van der Waals surface area contributed by atoms with E-state index in [-0.39, 0.29) is 47.8 Å². The Labute approximate surface area is 301 Å². The highest BCUT2D eigenvalue weighted by Gasteiger charge is 2.54. The third-order valence-electron chi connectivity index (χ3n) is 11.6. The van der Waals surface area contributed by atoms with Crippen molar-refractivity contribution in [2.45, 2.75) is 95.7 Å². The summed E-state index contributed by atoms with van der Waals surface area (Å²) in [5.74, 6) is 0.389. The summed E-state index contributed by atoms with van der Waals surface area (Å²) < 4.78 is 4.75. The van der Waals surface area contributed by atoms with Crippen molar-refractivity contribution in [3.63, 3.8) is 0 Å². The zero-order valence-electron chi connectivity index (χ0n) is 29.1. The van der Waals surface area contributed by atoms with Crippen molar-refractivity contribution in [1.29, 1.82) is 0 Å². The zero-order chi connectivity index (χ0) is 35.6. The van der Waals surface area contributed by atoms with E-state index in [4.69, 9.17) is 16.2 Å². The van der Waals surface area contributed by atoms with Gasteiger partial charge in [-0.1, -0.05) is 42.7 Å². The topological polar surface area (TPSA) is 159 Å². The highest BCUT2D eigenvalue weighted by molar-refractivity contribution is 6.34. The van der Waals surface area contributed by atoms with Crippen molar-refractivity contribution in [2.24, 2.45) is 23.7 Å². The molecule has 5 amide bonds. The monoisotopic (exact) mass is 713 g/mol. The lowest BCUT2D eigenvalue weighted by atomic mass is 9.88. The predicted molar refractivity (Wildman–Crippen MR) is 190 cm³/mol. The Kier molecular flexibility index (Phi) is 8.55. The quantitative estimate of drug-likeness (QED) is 0.190. The number of aromatic nitrogens is 2. The summed E-state index contributed by atoms with van der Waals surface area (Å²) in [6.07, 6.45) is 7.00. The Morgan fingerprint density at radius 1 is 0.961 bits per heavy atom. The van der Waals surface area contributed by atoms with Gasteiger partial charge in [-0.2, -0.15) is 0 Å². The Balaban J connectivity index is 1.05. The maximum atomic E-state index is 14.5. The number of carbonyl (C=O) groups excluding carboxylic acids is 4. The molecule has 4 fully saturated rings. The minimum Gasteiger partial charge on any atom is -0.338 e. The summed E-state index contributed by atoms with van der Waals surface area (Å²) in [6.45, 7) is 6.13. The molecule has 0 bridgehead atoms. The Morgan fingerprint density at radius 3 is 2.29 bits per heavy atom. The molecule has 2 aromatic carbocycles. The van der Waals surface area contributed by atoms with E-state index in [1.54, 1.807) is 11.8 Å². The molecule has 1 unspecified atom stereocenters.